The summed E-state index contributed by atoms with van der Waals surface area (Å²) in [6, 6.07) is 5.96. The highest BCUT2D eigenvalue weighted by Gasteiger charge is 2.39. The average molecular weight is 507 g/mol. The van der Waals surface area contributed by atoms with Gasteiger partial charge in [0.15, 0.2) is 0 Å². The van der Waals surface area contributed by atoms with Crippen molar-refractivity contribution in [1.82, 2.24) is 15.5 Å². The van der Waals surface area contributed by atoms with Crippen LogP contribution in [-0.2, 0) is 25.6 Å². The number of carbonyl (C=O) groups is 4. The van der Waals surface area contributed by atoms with Crippen LogP contribution in [0.15, 0.2) is 30.3 Å². The smallest absolute Gasteiger partial charge is 0.326 e. The van der Waals surface area contributed by atoms with Gasteiger partial charge >= 0.3 is 5.97 Å². The molecule has 5 N–H and O–H groups in total. The first-order chi connectivity index (χ1) is 16.7. The van der Waals surface area contributed by atoms with Crippen molar-refractivity contribution in [1.29, 1.82) is 0 Å². The van der Waals surface area contributed by atoms with E-state index in [0.29, 0.717) is 44.4 Å². The predicted molar refractivity (Wildman–Crippen MR) is 137 cm³/mol. The zero-order valence-corrected chi connectivity index (χ0v) is 21.6. The highest BCUT2D eigenvalue weighted by atomic mass is 32.2. The maximum absolute atomic E-state index is 13.3. The van der Waals surface area contributed by atoms with Gasteiger partial charge < -0.3 is 26.4 Å². The summed E-state index contributed by atoms with van der Waals surface area (Å²) in [7, 11) is 0. The van der Waals surface area contributed by atoms with Crippen molar-refractivity contribution < 1.29 is 24.3 Å². The van der Waals surface area contributed by atoms with E-state index in [1.807, 2.05) is 50.4 Å². The molecular weight excluding hydrogens is 468 g/mol. The second-order valence-electron chi connectivity index (χ2n) is 9.04. The summed E-state index contributed by atoms with van der Waals surface area (Å²) >= 11 is 1.54. The highest BCUT2D eigenvalue weighted by Crippen LogP contribution is 2.21. The minimum absolute atomic E-state index is 0.210. The van der Waals surface area contributed by atoms with Crippen molar-refractivity contribution in [2.45, 2.75) is 70.1 Å². The van der Waals surface area contributed by atoms with Crippen LogP contribution < -0.4 is 16.4 Å². The van der Waals surface area contributed by atoms with E-state index in [9.17, 15) is 24.3 Å². The lowest BCUT2D eigenvalue weighted by Crippen LogP contribution is -2.59. The number of nitrogens with zero attached hydrogens (tertiary/aromatic N) is 1. The van der Waals surface area contributed by atoms with Gasteiger partial charge in [0.2, 0.25) is 17.7 Å². The Morgan fingerprint density at radius 1 is 1.17 bits per heavy atom. The molecule has 1 aromatic rings. The van der Waals surface area contributed by atoms with Gasteiger partial charge in [0.05, 0.1) is 6.04 Å². The Balaban J connectivity index is 2.12. The van der Waals surface area contributed by atoms with Crippen LogP contribution in [0.4, 0.5) is 0 Å². The summed E-state index contributed by atoms with van der Waals surface area (Å²) in [6.45, 7) is 4.10. The minimum Gasteiger partial charge on any atom is -0.480 e. The third-order valence-corrected chi connectivity index (χ3v) is 7.12. The molecule has 5 atom stereocenters. The number of nitrogens with one attached hydrogen (secondary N) is 2. The number of hydrogen-bond donors (Lipinski definition) is 4. The molecule has 0 saturated carbocycles. The van der Waals surface area contributed by atoms with Gasteiger partial charge in [-0.3, -0.25) is 14.4 Å². The van der Waals surface area contributed by atoms with Crippen LogP contribution in [0.5, 0.6) is 0 Å². The van der Waals surface area contributed by atoms with E-state index in [1.165, 1.54) is 4.90 Å². The molecule has 0 aliphatic carbocycles. The fourth-order valence-corrected chi connectivity index (χ4v) is 4.62. The Morgan fingerprint density at radius 2 is 1.86 bits per heavy atom. The van der Waals surface area contributed by atoms with Crippen molar-refractivity contribution in [2.75, 3.05) is 18.6 Å². The van der Waals surface area contributed by atoms with E-state index in [1.54, 1.807) is 11.8 Å². The number of likely N-dealkylation sites (tertiary alicyclic amines) is 1. The van der Waals surface area contributed by atoms with Gasteiger partial charge in [-0.05, 0) is 49.2 Å². The van der Waals surface area contributed by atoms with E-state index < -0.39 is 47.9 Å². The maximum atomic E-state index is 13.3. The molecule has 0 spiro atoms. The molecule has 2 rings (SSSR count). The number of carboxylic acid groups (broad SMARTS) is 1. The molecule has 0 aromatic heterocycles. The summed E-state index contributed by atoms with van der Waals surface area (Å²) in [4.78, 5) is 52.3. The SMILES string of the molecule is CCC(C)C(NC(=O)C(CCSC)NC(=O)C(N)Cc1ccccc1)C(=O)N1CCCC1C(=O)O. The standard InChI is InChI=1S/C25H38N4O5S/c1-4-16(2)21(24(32)29-13-8-11-20(29)25(33)34)28-23(31)19(12-14-35-3)27-22(30)18(26)15-17-9-6-5-7-10-17/h5-7,9-10,16,18-21H,4,8,11-15,26H2,1-3H3,(H,27,30)(H,28,31)(H,33,34). The Kier molecular flexibility index (Phi) is 11.5. The number of aliphatic carboxylic acids is 1. The van der Waals surface area contributed by atoms with Crippen molar-refractivity contribution in [2.24, 2.45) is 11.7 Å². The zero-order chi connectivity index (χ0) is 26.0. The first-order valence-corrected chi connectivity index (χ1v) is 13.5. The Hall–Kier alpha value is -2.59. The summed E-state index contributed by atoms with van der Waals surface area (Å²) in [5.74, 6) is -1.92. The maximum Gasteiger partial charge on any atom is 0.326 e. The van der Waals surface area contributed by atoms with Crippen molar-refractivity contribution in [3.05, 3.63) is 35.9 Å². The molecule has 0 radical (unpaired) electrons. The lowest BCUT2D eigenvalue weighted by atomic mass is 9.96. The Morgan fingerprint density at radius 3 is 2.46 bits per heavy atom. The molecule has 1 aliphatic heterocycles. The monoisotopic (exact) mass is 506 g/mol. The van der Waals surface area contributed by atoms with Gasteiger partial charge in [-0.1, -0.05) is 50.6 Å². The molecule has 1 aliphatic rings. The molecule has 9 nitrogen and oxygen atoms in total. The van der Waals surface area contributed by atoms with Gasteiger partial charge in [0, 0.05) is 6.54 Å². The number of nitrogens with two attached hydrogens (primary N) is 1. The van der Waals surface area contributed by atoms with Crippen LogP contribution in [0.2, 0.25) is 0 Å². The van der Waals surface area contributed by atoms with E-state index >= 15 is 0 Å². The van der Waals surface area contributed by atoms with Gasteiger partial charge in [-0.25, -0.2) is 4.79 Å². The number of hydrogen-bond acceptors (Lipinski definition) is 6. The second kappa shape index (κ2) is 14.1. The molecule has 1 heterocycles. The van der Waals surface area contributed by atoms with Crippen LogP contribution in [0.3, 0.4) is 0 Å². The molecule has 3 amide bonds. The number of benzene rings is 1. The number of thioether (sulfide) groups is 1. The normalized spacial score (nSPS) is 18.9. The van der Waals surface area contributed by atoms with Gasteiger partial charge in [-0.15, -0.1) is 0 Å². The molecule has 1 fully saturated rings. The largest absolute Gasteiger partial charge is 0.480 e. The average Bonchev–Trinajstić information content (AvgIpc) is 3.35. The van der Waals surface area contributed by atoms with Gasteiger partial charge in [0.1, 0.15) is 18.1 Å². The quantitative estimate of drug-likeness (QED) is 0.317. The first kappa shape index (κ1) is 28.6. The van der Waals surface area contributed by atoms with Crippen molar-refractivity contribution >= 4 is 35.5 Å². The highest BCUT2D eigenvalue weighted by molar-refractivity contribution is 7.98. The predicted octanol–water partition coefficient (Wildman–Crippen LogP) is 1.40. The van der Waals surface area contributed by atoms with Gasteiger partial charge in [0.25, 0.3) is 0 Å². The fourth-order valence-electron chi connectivity index (χ4n) is 4.15. The van der Waals surface area contributed by atoms with E-state index in [-0.39, 0.29) is 5.92 Å². The third kappa shape index (κ3) is 8.24. The number of carboxylic acids is 1. The summed E-state index contributed by atoms with van der Waals surface area (Å²) in [5.41, 5.74) is 7.02. The van der Waals surface area contributed by atoms with E-state index in [4.69, 9.17) is 5.73 Å². The van der Waals surface area contributed by atoms with Crippen LogP contribution in [0, 0.1) is 5.92 Å². The van der Waals surface area contributed by atoms with Gasteiger partial charge in [-0.2, -0.15) is 11.8 Å². The molecule has 0 bridgehead atoms. The Labute approximate surface area is 211 Å². The minimum atomic E-state index is -1.04. The molecule has 1 saturated heterocycles. The van der Waals surface area contributed by atoms with E-state index in [0.717, 1.165) is 5.56 Å². The summed E-state index contributed by atoms with van der Waals surface area (Å²) in [5, 5.41) is 15.1. The topological polar surface area (TPSA) is 142 Å². The first-order valence-electron chi connectivity index (χ1n) is 12.1. The van der Waals surface area contributed by atoms with Crippen LogP contribution in [-0.4, -0.2) is 76.4 Å². The second-order valence-corrected chi connectivity index (χ2v) is 10.0. The zero-order valence-electron chi connectivity index (χ0n) is 20.7. The molecule has 194 valence electrons. The molecule has 1 aromatic carbocycles. The van der Waals surface area contributed by atoms with Crippen molar-refractivity contribution in [3.8, 4) is 0 Å². The Bertz CT molecular complexity index is 869. The lowest BCUT2D eigenvalue weighted by molar-refractivity contribution is -0.150. The van der Waals surface area contributed by atoms with Crippen LogP contribution in [0.1, 0.15) is 45.1 Å². The number of amides is 3. The van der Waals surface area contributed by atoms with E-state index in [2.05, 4.69) is 10.6 Å². The molecule has 5 unspecified atom stereocenters. The summed E-state index contributed by atoms with van der Waals surface area (Å²) < 4.78 is 0. The number of carbonyl (C=O) groups excluding carboxylic acids is 3. The summed E-state index contributed by atoms with van der Waals surface area (Å²) in [6.07, 6.45) is 4.24. The van der Waals surface area contributed by atoms with Crippen LogP contribution >= 0.6 is 11.8 Å². The number of rotatable bonds is 13. The van der Waals surface area contributed by atoms with Crippen LogP contribution in [0.25, 0.3) is 0 Å². The lowest BCUT2D eigenvalue weighted by Gasteiger charge is -2.31. The molecule has 35 heavy (non-hydrogen) atoms. The fraction of sp³-hybridized carbons (Fsp3) is 0.600. The molecular formula is C25H38N4O5S. The third-order valence-electron chi connectivity index (χ3n) is 6.48. The van der Waals surface area contributed by atoms with Crippen molar-refractivity contribution in [3.63, 3.8) is 0 Å². The molecule has 10 heteroatoms.